The minimum absolute atomic E-state index is 0.0759. The number of nitrogens with zero attached hydrogens (tertiary/aromatic N) is 2. The summed E-state index contributed by atoms with van der Waals surface area (Å²) in [6.07, 6.45) is 7.35. The molecule has 5 nitrogen and oxygen atoms in total. The van der Waals surface area contributed by atoms with E-state index in [2.05, 4.69) is 21.4 Å². The summed E-state index contributed by atoms with van der Waals surface area (Å²) < 4.78 is 5.96. The van der Waals surface area contributed by atoms with E-state index in [9.17, 15) is 4.79 Å². The summed E-state index contributed by atoms with van der Waals surface area (Å²) >= 11 is 7.95. The monoisotopic (exact) mass is 389 g/mol. The molecule has 0 spiro atoms. The van der Waals surface area contributed by atoms with E-state index in [4.69, 9.17) is 16.3 Å². The summed E-state index contributed by atoms with van der Waals surface area (Å²) in [5.41, 5.74) is 2.85. The smallest absolute Gasteiger partial charge is 0.220 e. The Morgan fingerprint density at radius 3 is 3.04 bits per heavy atom. The quantitative estimate of drug-likeness (QED) is 0.602. The number of thioether (sulfide) groups is 1. The van der Waals surface area contributed by atoms with Gasteiger partial charge in [0.1, 0.15) is 11.9 Å². The molecule has 1 unspecified atom stereocenters. The minimum atomic E-state index is -0.0759. The van der Waals surface area contributed by atoms with Crippen molar-refractivity contribution in [1.82, 2.24) is 15.3 Å². The number of nitrogens with one attached hydrogen (secondary N) is 1. The van der Waals surface area contributed by atoms with Crippen molar-refractivity contribution in [3.05, 3.63) is 35.0 Å². The molecule has 1 saturated carbocycles. The number of amides is 1. The number of carbonyl (C=O) groups is 1. The Bertz CT molecular complexity index is 842. The molecule has 0 radical (unpaired) electrons. The first-order valence-corrected chi connectivity index (χ1v) is 10.4. The number of halogens is 1. The number of hydrogen-bond acceptors (Lipinski definition) is 5. The SMILES string of the molecule is CSc1nccc(-c2cc(Cl)c3c(c2)CC(CNC(=O)CC2CC2)O3)n1. The van der Waals surface area contributed by atoms with Crippen LogP contribution in [0.1, 0.15) is 24.8 Å². The van der Waals surface area contributed by atoms with E-state index >= 15 is 0 Å². The standard InChI is InChI=1S/C19H20ClN3O2S/c1-26-19-21-5-4-16(23-19)12-7-13-8-14(25-18(13)15(20)9-12)10-22-17(24)6-11-2-3-11/h4-5,7,9,11,14H,2-3,6,8,10H2,1H3,(H,22,24). The first-order valence-electron chi connectivity index (χ1n) is 8.75. The van der Waals surface area contributed by atoms with Gasteiger partial charge in [0.2, 0.25) is 5.91 Å². The predicted octanol–water partition coefficient (Wildman–Crippen LogP) is 3.74. The number of aromatic nitrogens is 2. The molecule has 1 amide bonds. The van der Waals surface area contributed by atoms with Gasteiger partial charge in [0.15, 0.2) is 5.16 Å². The summed E-state index contributed by atoms with van der Waals surface area (Å²) in [5, 5.41) is 4.29. The molecule has 1 aromatic heterocycles. The molecule has 4 rings (SSSR count). The van der Waals surface area contributed by atoms with Crippen molar-refractivity contribution in [2.45, 2.75) is 36.9 Å². The van der Waals surface area contributed by atoms with Crippen molar-refractivity contribution in [2.75, 3.05) is 12.8 Å². The number of ether oxygens (including phenoxy) is 1. The fourth-order valence-electron chi connectivity index (χ4n) is 3.13. The lowest BCUT2D eigenvalue weighted by Crippen LogP contribution is -2.34. The van der Waals surface area contributed by atoms with Crippen LogP contribution in [-0.4, -0.2) is 34.8 Å². The molecule has 1 fully saturated rings. The van der Waals surface area contributed by atoms with E-state index < -0.39 is 0 Å². The summed E-state index contributed by atoms with van der Waals surface area (Å²) in [7, 11) is 0. The molecule has 2 aromatic rings. The van der Waals surface area contributed by atoms with Gasteiger partial charge in [-0.2, -0.15) is 0 Å². The molecule has 1 aliphatic carbocycles. The van der Waals surface area contributed by atoms with Crippen LogP contribution in [0.15, 0.2) is 29.6 Å². The first kappa shape index (κ1) is 17.6. The fourth-order valence-corrected chi connectivity index (χ4v) is 3.77. The molecule has 1 atom stereocenters. The van der Waals surface area contributed by atoms with Gasteiger partial charge in [-0.1, -0.05) is 23.4 Å². The van der Waals surface area contributed by atoms with E-state index in [-0.39, 0.29) is 12.0 Å². The van der Waals surface area contributed by atoms with Gasteiger partial charge in [0, 0.05) is 30.2 Å². The molecule has 2 aliphatic rings. The van der Waals surface area contributed by atoms with E-state index in [1.165, 1.54) is 24.6 Å². The lowest BCUT2D eigenvalue weighted by Gasteiger charge is -2.12. The van der Waals surface area contributed by atoms with Crippen LogP contribution in [0.2, 0.25) is 5.02 Å². The summed E-state index contributed by atoms with van der Waals surface area (Å²) in [5.74, 6) is 1.42. The van der Waals surface area contributed by atoms with Crippen LogP contribution < -0.4 is 10.1 Å². The maximum absolute atomic E-state index is 11.9. The summed E-state index contributed by atoms with van der Waals surface area (Å²) in [6.45, 7) is 0.510. The highest BCUT2D eigenvalue weighted by Crippen LogP contribution is 2.39. The van der Waals surface area contributed by atoms with E-state index in [1.807, 2.05) is 18.4 Å². The molecule has 0 bridgehead atoms. The van der Waals surface area contributed by atoms with Crippen LogP contribution in [0, 0.1) is 5.92 Å². The van der Waals surface area contributed by atoms with Crippen molar-refractivity contribution in [3.8, 4) is 17.0 Å². The zero-order valence-corrected chi connectivity index (χ0v) is 16.1. The van der Waals surface area contributed by atoms with Gasteiger partial charge in [-0.25, -0.2) is 9.97 Å². The zero-order valence-electron chi connectivity index (χ0n) is 14.5. The average molecular weight is 390 g/mol. The maximum atomic E-state index is 11.9. The second-order valence-corrected chi connectivity index (χ2v) is 7.95. The summed E-state index contributed by atoms with van der Waals surface area (Å²) in [4.78, 5) is 20.6. The number of benzene rings is 1. The molecular weight excluding hydrogens is 370 g/mol. The van der Waals surface area contributed by atoms with Gasteiger partial charge in [0.25, 0.3) is 0 Å². The molecule has 136 valence electrons. The van der Waals surface area contributed by atoms with Crippen LogP contribution in [0.25, 0.3) is 11.3 Å². The van der Waals surface area contributed by atoms with Crippen molar-refractivity contribution < 1.29 is 9.53 Å². The molecule has 1 N–H and O–H groups in total. The van der Waals surface area contributed by atoms with Gasteiger partial charge in [-0.05, 0) is 43.2 Å². The third-order valence-corrected chi connectivity index (χ3v) is 5.50. The molecule has 2 heterocycles. The number of carbonyl (C=O) groups excluding carboxylic acids is 1. The number of rotatable bonds is 6. The molecule has 26 heavy (non-hydrogen) atoms. The average Bonchev–Trinajstić information content (AvgIpc) is 3.35. The van der Waals surface area contributed by atoms with Crippen LogP contribution >= 0.6 is 23.4 Å². The number of hydrogen-bond donors (Lipinski definition) is 1. The molecular formula is C19H20ClN3O2S. The third-order valence-electron chi connectivity index (χ3n) is 4.66. The second-order valence-electron chi connectivity index (χ2n) is 6.77. The lowest BCUT2D eigenvalue weighted by atomic mass is 10.0. The van der Waals surface area contributed by atoms with Crippen LogP contribution in [0.3, 0.4) is 0 Å². The van der Waals surface area contributed by atoms with E-state index in [0.717, 1.165) is 34.1 Å². The van der Waals surface area contributed by atoms with Gasteiger partial charge >= 0.3 is 0 Å². The third kappa shape index (κ3) is 3.96. The fraction of sp³-hybridized carbons (Fsp3) is 0.421. The van der Waals surface area contributed by atoms with Crippen LogP contribution in [0.4, 0.5) is 0 Å². The summed E-state index contributed by atoms with van der Waals surface area (Å²) in [6, 6.07) is 5.82. The molecule has 1 aliphatic heterocycles. The van der Waals surface area contributed by atoms with E-state index in [0.29, 0.717) is 23.9 Å². The van der Waals surface area contributed by atoms with Crippen molar-refractivity contribution in [3.63, 3.8) is 0 Å². The highest BCUT2D eigenvalue weighted by atomic mass is 35.5. The lowest BCUT2D eigenvalue weighted by molar-refractivity contribution is -0.121. The molecule has 1 aromatic carbocycles. The van der Waals surface area contributed by atoms with Crippen molar-refractivity contribution in [2.24, 2.45) is 5.92 Å². The van der Waals surface area contributed by atoms with Gasteiger partial charge in [0.05, 0.1) is 17.3 Å². The van der Waals surface area contributed by atoms with Crippen molar-refractivity contribution >= 4 is 29.3 Å². The minimum Gasteiger partial charge on any atom is -0.486 e. The number of fused-ring (bicyclic) bond motifs is 1. The normalized spacial score (nSPS) is 18.3. The van der Waals surface area contributed by atoms with Crippen LogP contribution in [0.5, 0.6) is 5.75 Å². The molecule has 7 heteroatoms. The Labute approximate surface area is 161 Å². The Morgan fingerprint density at radius 1 is 1.42 bits per heavy atom. The highest BCUT2D eigenvalue weighted by molar-refractivity contribution is 7.98. The Hall–Kier alpha value is -1.79. The Morgan fingerprint density at radius 2 is 2.27 bits per heavy atom. The van der Waals surface area contributed by atoms with Gasteiger partial charge < -0.3 is 10.1 Å². The maximum Gasteiger partial charge on any atom is 0.220 e. The highest BCUT2D eigenvalue weighted by Gasteiger charge is 2.28. The Kier molecular flexibility index (Phi) is 5.05. The largest absolute Gasteiger partial charge is 0.486 e. The second kappa shape index (κ2) is 7.45. The zero-order chi connectivity index (χ0) is 18.1. The Balaban J connectivity index is 1.45. The first-order chi connectivity index (χ1) is 12.6. The topological polar surface area (TPSA) is 64.1 Å². The van der Waals surface area contributed by atoms with E-state index in [1.54, 1.807) is 6.20 Å². The van der Waals surface area contributed by atoms with Gasteiger partial charge in [-0.3, -0.25) is 4.79 Å². The van der Waals surface area contributed by atoms with Crippen molar-refractivity contribution in [1.29, 1.82) is 0 Å². The molecule has 0 saturated heterocycles. The van der Waals surface area contributed by atoms with Crippen LogP contribution in [-0.2, 0) is 11.2 Å². The van der Waals surface area contributed by atoms with Gasteiger partial charge in [-0.15, -0.1) is 0 Å². The predicted molar refractivity (Wildman–Crippen MR) is 103 cm³/mol.